The van der Waals surface area contributed by atoms with E-state index in [4.69, 9.17) is 0 Å². The Bertz CT molecular complexity index is 984. The molecule has 1 heterocycles. The molecule has 1 amide bonds. The van der Waals surface area contributed by atoms with E-state index in [0.717, 1.165) is 36.2 Å². The van der Waals surface area contributed by atoms with Crippen LogP contribution in [0, 0.1) is 19.8 Å². The number of amides is 1. The van der Waals surface area contributed by atoms with Crippen molar-refractivity contribution in [2.75, 3.05) is 23.7 Å². The van der Waals surface area contributed by atoms with Gasteiger partial charge in [0.1, 0.15) is 0 Å². The van der Waals surface area contributed by atoms with Gasteiger partial charge in [0, 0.05) is 18.7 Å². The zero-order chi connectivity index (χ0) is 21.2. The number of anilines is 1. The van der Waals surface area contributed by atoms with Crippen LogP contribution in [0.5, 0.6) is 0 Å². The fraction of sp³-hybridized carbons (Fsp3) is 0.435. The van der Waals surface area contributed by atoms with E-state index in [9.17, 15) is 13.2 Å². The van der Waals surface area contributed by atoms with Crippen LogP contribution in [-0.4, -0.2) is 38.6 Å². The summed E-state index contributed by atoms with van der Waals surface area (Å²) < 4.78 is 26.2. The molecule has 156 valence electrons. The number of aryl methyl sites for hydroxylation is 2. The third-order valence-corrected chi connectivity index (χ3v) is 6.79. The number of benzene rings is 2. The Labute approximate surface area is 174 Å². The average molecular weight is 415 g/mol. The highest BCUT2D eigenvalue weighted by atomic mass is 32.2. The first-order valence-electron chi connectivity index (χ1n) is 10.1. The molecule has 1 aliphatic rings. The molecule has 3 rings (SSSR count). The van der Waals surface area contributed by atoms with E-state index in [1.54, 1.807) is 12.1 Å². The number of carbonyl (C=O) groups excluding carboxylic acids is 1. The molecule has 0 aliphatic carbocycles. The van der Waals surface area contributed by atoms with Crippen LogP contribution in [0.15, 0.2) is 42.5 Å². The molecule has 0 bridgehead atoms. The predicted molar refractivity (Wildman–Crippen MR) is 118 cm³/mol. The molecule has 0 N–H and O–H groups in total. The van der Waals surface area contributed by atoms with Gasteiger partial charge in [-0.25, -0.2) is 8.42 Å². The molecule has 0 saturated carbocycles. The van der Waals surface area contributed by atoms with Crippen LogP contribution in [0.1, 0.15) is 46.8 Å². The van der Waals surface area contributed by atoms with Gasteiger partial charge in [0.2, 0.25) is 10.0 Å². The van der Waals surface area contributed by atoms with Crippen molar-refractivity contribution in [2.45, 2.75) is 40.2 Å². The lowest BCUT2D eigenvalue weighted by Gasteiger charge is -2.31. The summed E-state index contributed by atoms with van der Waals surface area (Å²) >= 11 is 0. The quantitative estimate of drug-likeness (QED) is 0.739. The lowest BCUT2D eigenvalue weighted by molar-refractivity contribution is 0.0683. The SMILES string of the molecule is Cc1ccc(N(Cc2ccc(C(=O)N3CCC[C@H](C)C3)cc2)S(C)(=O)=O)cc1C. The third kappa shape index (κ3) is 5.18. The first-order chi connectivity index (χ1) is 13.6. The first kappa shape index (κ1) is 21.4. The molecule has 0 unspecified atom stereocenters. The lowest BCUT2D eigenvalue weighted by Crippen LogP contribution is -2.39. The molecular weight excluding hydrogens is 384 g/mol. The summed E-state index contributed by atoms with van der Waals surface area (Å²) in [6, 6.07) is 13.0. The number of carbonyl (C=O) groups is 1. The predicted octanol–water partition coefficient (Wildman–Crippen LogP) is 4.14. The van der Waals surface area contributed by atoms with Gasteiger partial charge in [0.15, 0.2) is 0 Å². The first-order valence-corrected chi connectivity index (χ1v) is 11.9. The van der Waals surface area contributed by atoms with Crippen LogP contribution in [0.4, 0.5) is 5.69 Å². The molecule has 0 radical (unpaired) electrons. The molecule has 1 fully saturated rings. The number of piperidine rings is 1. The van der Waals surface area contributed by atoms with Gasteiger partial charge in [-0.2, -0.15) is 0 Å². The Hall–Kier alpha value is -2.34. The minimum atomic E-state index is -3.44. The summed E-state index contributed by atoms with van der Waals surface area (Å²) in [4.78, 5) is 14.7. The van der Waals surface area contributed by atoms with Crippen molar-refractivity contribution >= 4 is 21.6 Å². The smallest absolute Gasteiger partial charge is 0.253 e. The van der Waals surface area contributed by atoms with Crippen molar-refractivity contribution in [1.29, 1.82) is 0 Å². The van der Waals surface area contributed by atoms with Crippen molar-refractivity contribution in [3.63, 3.8) is 0 Å². The van der Waals surface area contributed by atoms with Gasteiger partial charge in [-0.05, 0) is 73.6 Å². The largest absolute Gasteiger partial charge is 0.338 e. The second-order valence-corrected chi connectivity index (χ2v) is 10.1. The molecule has 1 aliphatic heterocycles. The van der Waals surface area contributed by atoms with E-state index in [1.165, 1.54) is 17.0 Å². The molecular formula is C23H30N2O3S. The highest BCUT2D eigenvalue weighted by Crippen LogP contribution is 2.24. The maximum atomic E-state index is 12.7. The lowest BCUT2D eigenvalue weighted by atomic mass is 9.99. The van der Waals surface area contributed by atoms with Gasteiger partial charge in [-0.1, -0.05) is 25.1 Å². The van der Waals surface area contributed by atoms with Gasteiger partial charge in [-0.15, -0.1) is 0 Å². The van der Waals surface area contributed by atoms with Crippen LogP contribution in [0.25, 0.3) is 0 Å². The minimum Gasteiger partial charge on any atom is -0.338 e. The third-order valence-electron chi connectivity index (χ3n) is 5.65. The zero-order valence-electron chi connectivity index (χ0n) is 17.7. The maximum absolute atomic E-state index is 12.7. The molecule has 2 aromatic rings. The highest BCUT2D eigenvalue weighted by molar-refractivity contribution is 7.92. The number of likely N-dealkylation sites (tertiary alicyclic amines) is 1. The Morgan fingerprint density at radius 2 is 1.79 bits per heavy atom. The van der Waals surface area contributed by atoms with E-state index in [2.05, 4.69) is 6.92 Å². The number of sulfonamides is 1. The van der Waals surface area contributed by atoms with E-state index >= 15 is 0 Å². The second kappa shape index (κ2) is 8.57. The van der Waals surface area contributed by atoms with Crippen LogP contribution in [0.3, 0.4) is 0 Å². The fourth-order valence-electron chi connectivity index (χ4n) is 3.76. The monoisotopic (exact) mass is 414 g/mol. The van der Waals surface area contributed by atoms with Crippen molar-refractivity contribution < 1.29 is 13.2 Å². The maximum Gasteiger partial charge on any atom is 0.253 e. The summed E-state index contributed by atoms with van der Waals surface area (Å²) in [5.41, 5.74) is 4.32. The molecule has 6 heteroatoms. The van der Waals surface area contributed by atoms with Crippen LogP contribution < -0.4 is 4.31 Å². The number of rotatable bonds is 5. The Kier molecular flexibility index (Phi) is 6.32. The molecule has 5 nitrogen and oxygen atoms in total. The van der Waals surface area contributed by atoms with Gasteiger partial charge in [0.25, 0.3) is 5.91 Å². The summed E-state index contributed by atoms with van der Waals surface area (Å²) in [5.74, 6) is 0.588. The zero-order valence-corrected chi connectivity index (χ0v) is 18.5. The molecule has 0 spiro atoms. The van der Waals surface area contributed by atoms with Crippen LogP contribution in [-0.2, 0) is 16.6 Å². The average Bonchev–Trinajstić information content (AvgIpc) is 2.67. The molecule has 1 saturated heterocycles. The Balaban J connectivity index is 1.79. The molecule has 0 aromatic heterocycles. The van der Waals surface area contributed by atoms with E-state index in [0.29, 0.717) is 17.2 Å². The van der Waals surface area contributed by atoms with Gasteiger partial charge < -0.3 is 4.90 Å². The number of hydrogen-bond acceptors (Lipinski definition) is 3. The second-order valence-electron chi connectivity index (χ2n) is 8.23. The topological polar surface area (TPSA) is 57.7 Å². The van der Waals surface area contributed by atoms with Crippen molar-refractivity contribution in [1.82, 2.24) is 4.90 Å². The van der Waals surface area contributed by atoms with Crippen LogP contribution in [0.2, 0.25) is 0 Å². The van der Waals surface area contributed by atoms with Crippen molar-refractivity contribution in [2.24, 2.45) is 5.92 Å². The van der Waals surface area contributed by atoms with Gasteiger partial charge >= 0.3 is 0 Å². The van der Waals surface area contributed by atoms with Gasteiger partial charge in [0.05, 0.1) is 18.5 Å². The summed E-state index contributed by atoms with van der Waals surface area (Å²) in [6.07, 6.45) is 3.43. The fourth-order valence-corrected chi connectivity index (χ4v) is 4.64. The minimum absolute atomic E-state index is 0.0530. The van der Waals surface area contributed by atoms with E-state index in [-0.39, 0.29) is 12.5 Å². The van der Waals surface area contributed by atoms with E-state index < -0.39 is 10.0 Å². The molecule has 1 atom stereocenters. The highest BCUT2D eigenvalue weighted by Gasteiger charge is 2.22. The Morgan fingerprint density at radius 1 is 1.10 bits per heavy atom. The summed E-state index contributed by atoms with van der Waals surface area (Å²) in [6.45, 7) is 7.99. The van der Waals surface area contributed by atoms with Crippen LogP contribution >= 0.6 is 0 Å². The normalized spacial score (nSPS) is 17.2. The summed E-state index contributed by atoms with van der Waals surface area (Å²) in [5, 5.41) is 0. The molecule has 2 aromatic carbocycles. The van der Waals surface area contributed by atoms with Gasteiger partial charge in [-0.3, -0.25) is 9.10 Å². The number of hydrogen-bond donors (Lipinski definition) is 0. The van der Waals surface area contributed by atoms with Crippen molar-refractivity contribution in [3.8, 4) is 0 Å². The van der Waals surface area contributed by atoms with Crippen molar-refractivity contribution in [3.05, 3.63) is 64.7 Å². The molecule has 29 heavy (non-hydrogen) atoms. The van der Waals surface area contributed by atoms with E-state index in [1.807, 2.05) is 49.1 Å². The Morgan fingerprint density at radius 3 is 2.38 bits per heavy atom. The standard InChI is InChI=1S/C23H30N2O3S/c1-17-6-5-13-24(15-17)23(26)21-10-8-20(9-11-21)16-25(29(4,27)28)22-12-7-18(2)19(3)14-22/h7-12,14,17H,5-6,13,15-16H2,1-4H3/t17-/m0/s1. The summed E-state index contributed by atoms with van der Waals surface area (Å²) in [7, 11) is -3.44. The number of nitrogens with zero attached hydrogens (tertiary/aromatic N) is 2.